The number of hydrogen-bond donors (Lipinski definition) is 3. The lowest BCUT2D eigenvalue weighted by Crippen LogP contribution is -2.50. The maximum Gasteiger partial charge on any atom is 0.272 e. The first-order chi connectivity index (χ1) is 10.1. The van der Waals surface area contributed by atoms with Crippen LogP contribution in [0.1, 0.15) is 48.3 Å². The first-order valence-electron chi connectivity index (χ1n) is 7.18. The summed E-state index contributed by atoms with van der Waals surface area (Å²) in [6.45, 7) is 1.80. The van der Waals surface area contributed by atoms with Crippen molar-refractivity contribution in [3.05, 3.63) is 23.8 Å². The average molecular weight is 291 g/mol. The maximum absolute atomic E-state index is 12.2. The van der Waals surface area contributed by atoms with Crippen LogP contribution in [0.25, 0.3) is 0 Å². The smallest absolute Gasteiger partial charge is 0.272 e. The third-order valence-corrected chi connectivity index (χ3v) is 3.86. The fourth-order valence-electron chi connectivity index (χ4n) is 2.69. The molecule has 1 aromatic rings. The van der Waals surface area contributed by atoms with Crippen molar-refractivity contribution in [2.24, 2.45) is 16.8 Å². The zero-order valence-corrected chi connectivity index (χ0v) is 12.1. The lowest BCUT2D eigenvalue weighted by atomic mass is 9.83. The molecule has 0 bridgehead atoms. The summed E-state index contributed by atoms with van der Waals surface area (Å²) in [6.07, 6.45) is 8.27. The quantitative estimate of drug-likeness (QED) is 0.334. The number of amides is 1. The second kappa shape index (κ2) is 7.01. The summed E-state index contributed by atoms with van der Waals surface area (Å²) in [5.41, 5.74) is 6.72. The second-order valence-electron chi connectivity index (χ2n) is 5.42. The standard InChI is InChI=1S/C14H21N5O2/c1-9-7-17-11(8-16-9)14(20)18-12(13(15)19-21)10-5-3-2-4-6-10/h7-8,10,12,21H,2-6H2,1H3,(H2,15,19)(H,18,20). The van der Waals surface area contributed by atoms with Crippen molar-refractivity contribution < 1.29 is 10.0 Å². The van der Waals surface area contributed by atoms with Crippen molar-refractivity contribution in [2.45, 2.75) is 45.1 Å². The summed E-state index contributed by atoms with van der Waals surface area (Å²) in [5, 5.41) is 14.8. The van der Waals surface area contributed by atoms with Crippen LogP contribution in [0.4, 0.5) is 0 Å². The van der Waals surface area contributed by atoms with Crippen LogP contribution < -0.4 is 11.1 Å². The number of carbonyl (C=O) groups is 1. The minimum absolute atomic E-state index is 0.0373. The predicted octanol–water partition coefficient (Wildman–Crippen LogP) is 1.21. The van der Waals surface area contributed by atoms with Crippen LogP contribution >= 0.6 is 0 Å². The number of nitrogens with zero attached hydrogens (tertiary/aromatic N) is 3. The Hall–Kier alpha value is -2.18. The molecule has 0 aliphatic heterocycles. The molecule has 1 aliphatic carbocycles. The Morgan fingerprint density at radius 3 is 2.67 bits per heavy atom. The summed E-state index contributed by atoms with van der Waals surface area (Å²) >= 11 is 0. The van der Waals surface area contributed by atoms with Crippen LogP contribution in [0.5, 0.6) is 0 Å². The highest BCUT2D eigenvalue weighted by atomic mass is 16.4. The van der Waals surface area contributed by atoms with Gasteiger partial charge in [0.2, 0.25) is 0 Å². The normalized spacial score (nSPS) is 18.2. The predicted molar refractivity (Wildman–Crippen MR) is 78.0 cm³/mol. The molecule has 1 amide bonds. The van der Waals surface area contributed by atoms with E-state index >= 15 is 0 Å². The Balaban J connectivity index is 2.10. The van der Waals surface area contributed by atoms with Crippen molar-refractivity contribution in [1.29, 1.82) is 0 Å². The molecule has 1 unspecified atom stereocenters. The molecule has 21 heavy (non-hydrogen) atoms. The van der Waals surface area contributed by atoms with Gasteiger partial charge < -0.3 is 16.3 Å². The van der Waals surface area contributed by atoms with Crippen molar-refractivity contribution in [3.63, 3.8) is 0 Å². The third kappa shape index (κ3) is 3.90. The Labute approximate surface area is 123 Å². The second-order valence-corrected chi connectivity index (χ2v) is 5.42. The monoisotopic (exact) mass is 291 g/mol. The third-order valence-electron chi connectivity index (χ3n) is 3.86. The van der Waals surface area contributed by atoms with Gasteiger partial charge in [-0.15, -0.1) is 0 Å². The first-order valence-corrected chi connectivity index (χ1v) is 7.18. The Morgan fingerprint density at radius 1 is 1.38 bits per heavy atom. The number of aryl methyl sites for hydroxylation is 1. The number of nitrogens with one attached hydrogen (secondary N) is 1. The van der Waals surface area contributed by atoms with Gasteiger partial charge in [-0.25, -0.2) is 4.98 Å². The summed E-state index contributed by atoms with van der Waals surface area (Å²) in [7, 11) is 0. The molecule has 7 nitrogen and oxygen atoms in total. The fraction of sp³-hybridized carbons (Fsp3) is 0.571. The Morgan fingerprint density at radius 2 is 2.10 bits per heavy atom. The Bertz CT molecular complexity index is 509. The van der Waals surface area contributed by atoms with Crippen LogP contribution in [-0.4, -0.2) is 33.0 Å². The highest BCUT2D eigenvalue weighted by molar-refractivity contribution is 5.96. The molecule has 4 N–H and O–H groups in total. The summed E-state index contributed by atoms with van der Waals surface area (Å²) in [6, 6.07) is -0.467. The molecule has 1 heterocycles. The van der Waals surface area contributed by atoms with Gasteiger partial charge in [0.25, 0.3) is 5.91 Å². The van der Waals surface area contributed by atoms with Crippen LogP contribution in [0.3, 0.4) is 0 Å². The van der Waals surface area contributed by atoms with Crippen LogP contribution in [0, 0.1) is 12.8 Å². The Kier molecular flexibility index (Phi) is 5.08. The molecule has 0 saturated heterocycles. The van der Waals surface area contributed by atoms with Gasteiger partial charge in [-0.2, -0.15) is 0 Å². The summed E-state index contributed by atoms with van der Waals surface area (Å²) < 4.78 is 0. The van der Waals surface area contributed by atoms with Gasteiger partial charge in [-0.1, -0.05) is 24.4 Å². The maximum atomic E-state index is 12.2. The van der Waals surface area contributed by atoms with Crippen molar-refractivity contribution in [3.8, 4) is 0 Å². The summed E-state index contributed by atoms with van der Waals surface area (Å²) in [4.78, 5) is 20.3. The van der Waals surface area contributed by atoms with Gasteiger partial charge in [0.05, 0.1) is 17.9 Å². The largest absolute Gasteiger partial charge is 0.409 e. The minimum atomic E-state index is -0.467. The zero-order valence-electron chi connectivity index (χ0n) is 12.1. The van der Waals surface area contributed by atoms with E-state index in [-0.39, 0.29) is 23.4 Å². The molecule has 2 rings (SSSR count). The topological polar surface area (TPSA) is 113 Å². The first kappa shape index (κ1) is 15.2. The molecule has 1 fully saturated rings. The van der Waals surface area contributed by atoms with Crippen molar-refractivity contribution in [1.82, 2.24) is 15.3 Å². The molecule has 0 aromatic carbocycles. The van der Waals surface area contributed by atoms with Gasteiger partial charge >= 0.3 is 0 Å². The van der Waals surface area contributed by atoms with Gasteiger partial charge in [0.1, 0.15) is 5.69 Å². The zero-order chi connectivity index (χ0) is 15.2. The van der Waals surface area contributed by atoms with Crippen molar-refractivity contribution in [2.75, 3.05) is 0 Å². The van der Waals surface area contributed by atoms with E-state index in [9.17, 15) is 4.79 Å². The van der Waals surface area contributed by atoms with Crippen LogP contribution in [0.15, 0.2) is 17.5 Å². The number of amidine groups is 1. The van der Waals surface area contributed by atoms with E-state index in [4.69, 9.17) is 10.9 Å². The lowest BCUT2D eigenvalue weighted by molar-refractivity contribution is 0.0925. The fourth-order valence-corrected chi connectivity index (χ4v) is 2.69. The molecule has 0 radical (unpaired) electrons. The number of nitrogens with two attached hydrogens (primary N) is 1. The highest BCUT2D eigenvalue weighted by Crippen LogP contribution is 2.26. The molecule has 7 heteroatoms. The SMILES string of the molecule is Cc1cnc(C(=O)NC(C(N)=NO)C2CCCCC2)cn1. The minimum Gasteiger partial charge on any atom is -0.409 e. The molecule has 1 aliphatic rings. The van der Waals surface area contributed by atoms with Gasteiger partial charge in [-0.05, 0) is 25.7 Å². The average Bonchev–Trinajstić information content (AvgIpc) is 2.53. The molecular formula is C14H21N5O2. The van der Waals surface area contributed by atoms with E-state index in [2.05, 4.69) is 20.4 Å². The highest BCUT2D eigenvalue weighted by Gasteiger charge is 2.29. The molecule has 1 saturated carbocycles. The number of aromatic nitrogens is 2. The van der Waals surface area contributed by atoms with E-state index in [0.717, 1.165) is 31.4 Å². The molecule has 0 spiro atoms. The van der Waals surface area contributed by atoms with Gasteiger partial charge in [-0.3, -0.25) is 9.78 Å². The molecule has 114 valence electrons. The molecular weight excluding hydrogens is 270 g/mol. The van der Waals surface area contributed by atoms with Crippen LogP contribution in [-0.2, 0) is 0 Å². The number of rotatable bonds is 4. The lowest BCUT2D eigenvalue weighted by Gasteiger charge is -2.29. The van der Waals surface area contributed by atoms with E-state index in [1.807, 2.05) is 0 Å². The molecule has 1 atom stereocenters. The number of hydrogen-bond acceptors (Lipinski definition) is 5. The van der Waals surface area contributed by atoms with Gasteiger partial charge in [0, 0.05) is 6.20 Å². The van der Waals surface area contributed by atoms with Crippen LogP contribution in [0.2, 0.25) is 0 Å². The van der Waals surface area contributed by atoms with E-state index in [0.29, 0.717) is 0 Å². The van der Waals surface area contributed by atoms with E-state index < -0.39 is 6.04 Å². The van der Waals surface area contributed by atoms with E-state index in [1.54, 1.807) is 6.92 Å². The number of oxime groups is 1. The summed E-state index contributed by atoms with van der Waals surface area (Å²) in [5.74, 6) is -0.128. The molecule has 1 aromatic heterocycles. The number of carbonyl (C=O) groups excluding carboxylic acids is 1. The van der Waals surface area contributed by atoms with Gasteiger partial charge in [0.15, 0.2) is 5.84 Å². The van der Waals surface area contributed by atoms with E-state index in [1.165, 1.54) is 18.8 Å². The van der Waals surface area contributed by atoms with Crippen molar-refractivity contribution >= 4 is 11.7 Å².